The Labute approximate surface area is 129 Å². The zero-order valence-corrected chi connectivity index (χ0v) is 13.8. The largest absolute Gasteiger partial charge is 0.444 e. The fourth-order valence-corrected chi connectivity index (χ4v) is 3.16. The molecule has 0 radical (unpaired) electrons. The van der Waals surface area contributed by atoms with Gasteiger partial charge in [-0.15, -0.1) is 11.3 Å². The second kappa shape index (κ2) is 6.05. The summed E-state index contributed by atoms with van der Waals surface area (Å²) >= 11 is 1.46. The molecule has 0 spiro atoms. The Morgan fingerprint density at radius 2 is 2.14 bits per heavy atom. The minimum Gasteiger partial charge on any atom is -0.444 e. The molecule has 2 heterocycles. The fourth-order valence-electron chi connectivity index (χ4n) is 2.27. The monoisotopic (exact) mass is 310 g/mol. The molecule has 2 rings (SSSR count). The average molecular weight is 310 g/mol. The zero-order chi connectivity index (χ0) is 15.6. The van der Waals surface area contributed by atoms with Gasteiger partial charge >= 0.3 is 6.09 Å². The molecule has 1 fully saturated rings. The molecule has 2 amide bonds. The molecule has 6 heteroatoms. The van der Waals surface area contributed by atoms with Gasteiger partial charge < -0.3 is 15.0 Å². The number of carbonyl (C=O) groups excluding carboxylic acids is 2. The van der Waals surface area contributed by atoms with Gasteiger partial charge in [-0.25, -0.2) is 4.79 Å². The number of carbonyl (C=O) groups is 2. The third-order valence-electron chi connectivity index (χ3n) is 3.25. The number of alkyl carbamates (subject to hydrolysis) is 1. The standard InChI is InChI=1S/C15H22N2O3S/c1-10-6-8-21-12(10)13(18)17-7-5-11(9-17)16-14(19)20-15(2,3)4/h6,8,11H,5,7,9H2,1-4H3,(H,16,19). The van der Waals surface area contributed by atoms with Crippen LogP contribution in [0, 0.1) is 6.92 Å². The summed E-state index contributed by atoms with van der Waals surface area (Å²) in [4.78, 5) is 26.7. The first kappa shape index (κ1) is 15.8. The van der Waals surface area contributed by atoms with Crippen molar-refractivity contribution in [3.63, 3.8) is 0 Å². The maximum Gasteiger partial charge on any atom is 0.407 e. The summed E-state index contributed by atoms with van der Waals surface area (Å²) in [5.41, 5.74) is 0.500. The number of aryl methyl sites for hydroxylation is 1. The SMILES string of the molecule is Cc1ccsc1C(=O)N1CCC(NC(=O)OC(C)(C)C)C1. The number of ether oxygens (including phenoxy) is 1. The molecule has 1 aliphatic heterocycles. The highest BCUT2D eigenvalue weighted by Crippen LogP contribution is 2.21. The van der Waals surface area contributed by atoms with Crippen molar-refractivity contribution in [1.82, 2.24) is 10.2 Å². The van der Waals surface area contributed by atoms with Crippen LogP contribution in [0.25, 0.3) is 0 Å². The van der Waals surface area contributed by atoms with E-state index in [1.54, 1.807) is 4.90 Å². The van der Waals surface area contributed by atoms with Gasteiger partial charge in [0.2, 0.25) is 0 Å². The molecule has 1 aromatic heterocycles. The lowest BCUT2D eigenvalue weighted by atomic mass is 10.2. The van der Waals surface area contributed by atoms with Gasteiger partial charge in [-0.1, -0.05) is 0 Å². The molecule has 0 aliphatic carbocycles. The lowest BCUT2D eigenvalue weighted by Crippen LogP contribution is -2.41. The summed E-state index contributed by atoms with van der Waals surface area (Å²) in [6, 6.07) is 1.91. The van der Waals surface area contributed by atoms with Gasteiger partial charge in [-0.05, 0) is 51.1 Å². The van der Waals surface area contributed by atoms with Crippen LogP contribution in [0.4, 0.5) is 4.79 Å². The Morgan fingerprint density at radius 3 is 2.71 bits per heavy atom. The lowest BCUT2D eigenvalue weighted by molar-refractivity contribution is 0.0502. The molecule has 1 N–H and O–H groups in total. The number of hydrogen-bond acceptors (Lipinski definition) is 4. The first-order chi connectivity index (χ1) is 9.76. The Balaban J connectivity index is 1.88. The minimum absolute atomic E-state index is 0.0379. The molecule has 0 aromatic carbocycles. The molecule has 21 heavy (non-hydrogen) atoms. The van der Waals surface area contributed by atoms with E-state index < -0.39 is 11.7 Å². The molecule has 0 bridgehead atoms. The van der Waals surface area contributed by atoms with E-state index in [9.17, 15) is 9.59 Å². The number of nitrogens with zero attached hydrogens (tertiary/aromatic N) is 1. The fraction of sp³-hybridized carbons (Fsp3) is 0.600. The van der Waals surface area contributed by atoms with Crippen molar-refractivity contribution in [3.8, 4) is 0 Å². The second-order valence-electron chi connectivity index (χ2n) is 6.32. The Morgan fingerprint density at radius 1 is 1.43 bits per heavy atom. The minimum atomic E-state index is -0.508. The first-order valence-corrected chi connectivity index (χ1v) is 7.97. The number of amides is 2. The van der Waals surface area contributed by atoms with Crippen molar-refractivity contribution in [1.29, 1.82) is 0 Å². The van der Waals surface area contributed by atoms with Crippen LogP contribution in [-0.4, -0.2) is 41.6 Å². The summed E-state index contributed by atoms with van der Waals surface area (Å²) in [6.07, 6.45) is 0.337. The summed E-state index contributed by atoms with van der Waals surface area (Å²) in [5.74, 6) is 0.0518. The Hall–Kier alpha value is -1.56. The Kier molecular flexibility index (Phi) is 4.56. The zero-order valence-electron chi connectivity index (χ0n) is 12.9. The van der Waals surface area contributed by atoms with Crippen molar-refractivity contribution in [3.05, 3.63) is 21.9 Å². The smallest absolute Gasteiger partial charge is 0.407 e. The van der Waals surface area contributed by atoms with E-state index in [-0.39, 0.29) is 11.9 Å². The number of rotatable bonds is 2. The highest BCUT2D eigenvalue weighted by atomic mass is 32.1. The maximum absolute atomic E-state index is 12.4. The third kappa shape index (κ3) is 4.20. The molecule has 1 atom stereocenters. The van der Waals surface area contributed by atoms with Crippen molar-refractivity contribution >= 4 is 23.3 Å². The van der Waals surface area contributed by atoms with E-state index >= 15 is 0 Å². The van der Waals surface area contributed by atoms with Gasteiger partial charge in [0, 0.05) is 13.1 Å². The van der Waals surface area contributed by atoms with Crippen molar-refractivity contribution in [2.24, 2.45) is 0 Å². The third-order valence-corrected chi connectivity index (χ3v) is 4.26. The summed E-state index contributed by atoms with van der Waals surface area (Å²) in [5, 5.41) is 4.75. The molecule has 1 unspecified atom stereocenters. The van der Waals surface area contributed by atoms with Crippen LogP contribution in [-0.2, 0) is 4.74 Å². The van der Waals surface area contributed by atoms with Crippen molar-refractivity contribution < 1.29 is 14.3 Å². The van der Waals surface area contributed by atoms with Gasteiger partial charge in [0.15, 0.2) is 0 Å². The van der Waals surface area contributed by atoms with E-state index in [0.29, 0.717) is 13.1 Å². The predicted molar refractivity (Wildman–Crippen MR) is 82.7 cm³/mol. The summed E-state index contributed by atoms with van der Waals surface area (Å²) in [6.45, 7) is 8.63. The molecule has 0 saturated carbocycles. The van der Waals surface area contributed by atoms with E-state index in [1.165, 1.54) is 11.3 Å². The van der Waals surface area contributed by atoms with Crippen LogP contribution in [0.1, 0.15) is 42.4 Å². The van der Waals surface area contributed by atoms with E-state index in [1.807, 2.05) is 39.1 Å². The predicted octanol–water partition coefficient (Wildman–Crippen LogP) is 2.80. The average Bonchev–Trinajstić information content (AvgIpc) is 2.95. The normalized spacial score (nSPS) is 18.7. The number of likely N-dealkylation sites (tertiary alicyclic amines) is 1. The van der Waals surface area contributed by atoms with Crippen LogP contribution < -0.4 is 5.32 Å². The van der Waals surface area contributed by atoms with Crippen LogP contribution in [0.15, 0.2) is 11.4 Å². The molecule has 116 valence electrons. The summed E-state index contributed by atoms with van der Waals surface area (Å²) in [7, 11) is 0. The highest BCUT2D eigenvalue weighted by molar-refractivity contribution is 7.12. The van der Waals surface area contributed by atoms with Gasteiger partial charge in [0.25, 0.3) is 5.91 Å². The van der Waals surface area contributed by atoms with Crippen LogP contribution in [0.3, 0.4) is 0 Å². The van der Waals surface area contributed by atoms with Crippen LogP contribution in [0.2, 0.25) is 0 Å². The Bertz CT molecular complexity index is 533. The number of nitrogens with one attached hydrogen (secondary N) is 1. The lowest BCUT2D eigenvalue weighted by Gasteiger charge is -2.22. The quantitative estimate of drug-likeness (QED) is 0.914. The van der Waals surface area contributed by atoms with Gasteiger partial charge in [-0.3, -0.25) is 4.79 Å². The van der Waals surface area contributed by atoms with Gasteiger partial charge in [0.1, 0.15) is 5.60 Å². The molecule has 5 nitrogen and oxygen atoms in total. The topological polar surface area (TPSA) is 58.6 Å². The van der Waals surface area contributed by atoms with Gasteiger partial charge in [0.05, 0.1) is 10.9 Å². The first-order valence-electron chi connectivity index (χ1n) is 7.09. The molecule has 1 saturated heterocycles. The summed E-state index contributed by atoms with van der Waals surface area (Å²) < 4.78 is 5.24. The van der Waals surface area contributed by atoms with E-state index in [0.717, 1.165) is 16.9 Å². The van der Waals surface area contributed by atoms with E-state index in [4.69, 9.17) is 4.74 Å². The molecular weight excluding hydrogens is 288 g/mol. The number of thiophene rings is 1. The van der Waals surface area contributed by atoms with E-state index in [2.05, 4.69) is 5.32 Å². The molecule has 1 aliphatic rings. The molecule has 1 aromatic rings. The van der Waals surface area contributed by atoms with Crippen molar-refractivity contribution in [2.45, 2.75) is 45.8 Å². The number of hydrogen-bond donors (Lipinski definition) is 1. The maximum atomic E-state index is 12.4. The highest BCUT2D eigenvalue weighted by Gasteiger charge is 2.30. The van der Waals surface area contributed by atoms with Crippen LogP contribution in [0.5, 0.6) is 0 Å². The molecular formula is C15H22N2O3S. The van der Waals surface area contributed by atoms with Crippen LogP contribution >= 0.6 is 11.3 Å². The van der Waals surface area contributed by atoms with Crippen molar-refractivity contribution in [2.75, 3.05) is 13.1 Å². The van der Waals surface area contributed by atoms with Gasteiger partial charge in [-0.2, -0.15) is 0 Å². The second-order valence-corrected chi connectivity index (χ2v) is 7.23.